The Morgan fingerprint density at radius 1 is 1.38 bits per heavy atom. The first-order chi connectivity index (χ1) is 6.22. The molecule has 1 aromatic rings. The predicted molar refractivity (Wildman–Crippen MR) is 58.1 cm³/mol. The standard InChI is InChI=1S/C10H15ClN2/c1-8(11)13-10-4-2-9(3-5-10)6-7-12/h2-5,8,13H,6-7,12H2,1H3. The minimum atomic E-state index is -0.0413. The smallest absolute Gasteiger partial charge is 0.0984 e. The summed E-state index contributed by atoms with van der Waals surface area (Å²) in [6, 6.07) is 8.16. The Balaban J connectivity index is 2.59. The summed E-state index contributed by atoms with van der Waals surface area (Å²) in [6.45, 7) is 2.59. The number of hydrogen-bond acceptors (Lipinski definition) is 2. The van der Waals surface area contributed by atoms with Gasteiger partial charge < -0.3 is 11.1 Å². The molecule has 0 amide bonds. The van der Waals surface area contributed by atoms with Gasteiger partial charge in [-0.25, -0.2) is 0 Å². The van der Waals surface area contributed by atoms with Gasteiger partial charge in [-0.05, 0) is 37.6 Å². The first-order valence-corrected chi connectivity index (χ1v) is 4.85. The Morgan fingerprint density at radius 2 is 2.00 bits per heavy atom. The minimum Gasteiger partial charge on any atom is -0.369 e. The number of benzene rings is 1. The van der Waals surface area contributed by atoms with Crippen LogP contribution in [-0.2, 0) is 6.42 Å². The molecule has 0 saturated heterocycles. The second-order valence-electron chi connectivity index (χ2n) is 3.00. The van der Waals surface area contributed by atoms with Gasteiger partial charge in [0.15, 0.2) is 0 Å². The lowest BCUT2D eigenvalue weighted by Gasteiger charge is -2.08. The highest BCUT2D eigenvalue weighted by Crippen LogP contribution is 2.11. The quantitative estimate of drug-likeness (QED) is 0.575. The Hall–Kier alpha value is -0.730. The second kappa shape index (κ2) is 5.10. The lowest BCUT2D eigenvalue weighted by atomic mass is 10.1. The van der Waals surface area contributed by atoms with E-state index in [0.29, 0.717) is 6.54 Å². The van der Waals surface area contributed by atoms with Crippen molar-refractivity contribution in [3.05, 3.63) is 29.8 Å². The van der Waals surface area contributed by atoms with Crippen LogP contribution in [0.4, 0.5) is 5.69 Å². The molecule has 0 fully saturated rings. The van der Waals surface area contributed by atoms with E-state index in [0.717, 1.165) is 12.1 Å². The van der Waals surface area contributed by atoms with Crippen LogP contribution in [0.5, 0.6) is 0 Å². The Labute approximate surface area is 84.1 Å². The van der Waals surface area contributed by atoms with Gasteiger partial charge in [-0.1, -0.05) is 23.7 Å². The van der Waals surface area contributed by atoms with Gasteiger partial charge in [-0.3, -0.25) is 0 Å². The number of halogens is 1. The summed E-state index contributed by atoms with van der Waals surface area (Å²) in [7, 11) is 0. The summed E-state index contributed by atoms with van der Waals surface area (Å²) >= 11 is 5.78. The van der Waals surface area contributed by atoms with Crippen molar-refractivity contribution in [1.29, 1.82) is 0 Å². The van der Waals surface area contributed by atoms with Gasteiger partial charge in [0.1, 0.15) is 0 Å². The first kappa shape index (κ1) is 10.4. The maximum absolute atomic E-state index is 5.78. The zero-order valence-electron chi connectivity index (χ0n) is 7.76. The molecule has 1 atom stereocenters. The number of alkyl halides is 1. The molecule has 0 spiro atoms. The summed E-state index contributed by atoms with van der Waals surface area (Å²) in [5.74, 6) is 0. The number of hydrogen-bond donors (Lipinski definition) is 2. The van der Waals surface area contributed by atoms with E-state index in [1.165, 1.54) is 5.56 Å². The highest BCUT2D eigenvalue weighted by molar-refractivity contribution is 6.21. The maximum atomic E-state index is 5.78. The SMILES string of the molecule is CC(Cl)Nc1ccc(CCN)cc1. The molecule has 1 aromatic carbocycles. The van der Waals surface area contributed by atoms with Crippen LogP contribution in [0, 0.1) is 0 Å². The molecule has 72 valence electrons. The number of nitrogens with two attached hydrogens (primary N) is 1. The molecule has 1 unspecified atom stereocenters. The zero-order chi connectivity index (χ0) is 9.68. The molecule has 0 aliphatic heterocycles. The summed E-state index contributed by atoms with van der Waals surface area (Å²) in [4.78, 5) is 0. The molecule has 3 heteroatoms. The third-order valence-electron chi connectivity index (χ3n) is 1.75. The van der Waals surface area contributed by atoms with E-state index in [1.54, 1.807) is 0 Å². The molecular formula is C10H15ClN2. The van der Waals surface area contributed by atoms with Gasteiger partial charge in [0.25, 0.3) is 0 Å². The van der Waals surface area contributed by atoms with Crippen molar-refractivity contribution in [3.63, 3.8) is 0 Å². The molecule has 0 aromatic heterocycles. The van der Waals surface area contributed by atoms with Crippen molar-refractivity contribution in [1.82, 2.24) is 0 Å². The molecule has 0 radical (unpaired) electrons. The molecule has 0 heterocycles. The van der Waals surface area contributed by atoms with Crippen molar-refractivity contribution < 1.29 is 0 Å². The van der Waals surface area contributed by atoms with Crippen molar-refractivity contribution in [2.45, 2.75) is 18.8 Å². The molecule has 0 aliphatic carbocycles. The molecular weight excluding hydrogens is 184 g/mol. The summed E-state index contributed by atoms with van der Waals surface area (Å²) in [5.41, 5.74) is 7.71. The van der Waals surface area contributed by atoms with Crippen LogP contribution in [0.1, 0.15) is 12.5 Å². The molecule has 3 N–H and O–H groups in total. The third-order valence-corrected chi connectivity index (χ3v) is 1.86. The second-order valence-corrected chi connectivity index (χ2v) is 3.65. The van der Waals surface area contributed by atoms with Crippen LogP contribution in [0.2, 0.25) is 0 Å². The fourth-order valence-corrected chi connectivity index (χ4v) is 1.29. The van der Waals surface area contributed by atoms with E-state index in [4.69, 9.17) is 17.3 Å². The average Bonchev–Trinajstić information content (AvgIpc) is 2.08. The third kappa shape index (κ3) is 3.66. The van der Waals surface area contributed by atoms with Crippen molar-refractivity contribution in [2.75, 3.05) is 11.9 Å². The van der Waals surface area contributed by atoms with E-state index in [9.17, 15) is 0 Å². The first-order valence-electron chi connectivity index (χ1n) is 4.42. The van der Waals surface area contributed by atoms with Crippen LogP contribution in [-0.4, -0.2) is 12.0 Å². The van der Waals surface area contributed by atoms with Gasteiger partial charge in [-0.2, -0.15) is 0 Å². The molecule has 0 saturated carbocycles. The Morgan fingerprint density at radius 3 is 2.46 bits per heavy atom. The van der Waals surface area contributed by atoms with E-state index < -0.39 is 0 Å². The monoisotopic (exact) mass is 198 g/mol. The molecule has 13 heavy (non-hydrogen) atoms. The normalized spacial score (nSPS) is 12.5. The molecule has 0 aliphatic rings. The van der Waals surface area contributed by atoms with Crippen LogP contribution in [0.25, 0.3) is 0 Å². The predicted octanol–water partition coefficient (Wildman–Crippen LogP) is 2.18. The van der Waals surface area contributed by atoms with Crippen LogP contribution in [0.15, 0.2) is 24.3 Å². The van der Waals surface area contributed by atoms with Gasteiger partial charge in [0.2, 0.25) is 0 Å². The van der Waals surface area contributed by atoms with E-state index in [2.05, 4.69) is 17.4 Å². The van der Waals surface area contributed by atoms with Gasteiger partial charge in [0, 0.05) is 5.69 Å². The van der Waals surface area contributed by atoms with Crippen molar-refractivity contribution in [2.24, 2.45) is 5.73 Å². The summed E-state index contributed by atoms with van der Waals surface area (Å²) in [5, 5.41) is 3.11. The number of anilines is 1. The lowest BCUT2D eigenvalue weighted by Crippen LogP contribution is -2.07. The minimum absolute atomic E-state index is 0.0413. The zero-order valence-corrected chi connectivity index (χ0v) is 8.51. The highest BCUT2D eigenvalue weighted by Gasteiger charge is 1.96. The van der Waals surface area contributed by atoms with Crippen molar-refractivity contribution in [3.8, 4) is 0 Å². The van der Waals surface area contributed by atoms with E-state index in [1.807, 2.05) is 19.1 Å². The molecule has 0 bridgehead atoms. The number of rotatable bonds is 4. The number of nitrogens with one attached hydrogen (secondary N) is 1. The van der Waals surface area contributed by atoms with Gasteiger partial charge in [-0.15, -0.1) is 0 Å². The lowest BCUT2D eigenvalue weighted by molar-refractivity contribution is 0.968. The maximum Gasteiger partial charge on any atom is 0.0984 e. The van der Waals surface area contributed by atoms with Crippen molar-refractivity contribution >= 4 is 17.3 Å². The summed E-state index contributed by atoms with van der Waals surface area (Å²) in [6.07, 6.45) is 0.927. The average molecular weight is 199 g/mol. The van der Waals surface area contributed by atoms with E-state index >= 15 is 0 Å². The van der Waals surface area contributed by atoms with Crippen LogP contribution >= 0.6 is 11.6 Å². The summed E-state index contributed by atoms with van der Waals surface area (Å²) < 4.78 is 0. The fourth-order valence-electron chi connectivity index (χ4n) is 1.16. The van der Waals surface area contributed by atoms with Gasteiger partial charge in [0.05, 0.1) is 5.50 Å². The van der Waals surface area contributed by atoms with E-state index in [-0.39, 0.29) is 5.50 Å². The van der Waals surface area contributed by atoms with Gasteiger partial charge >= 0.3 is 0 Å². The highest BCUT2D eigenvalue weighted by atomic mass is 35.5. The molecule has 1 rings (SSSR count). The largest absolute Gasteiger partial charge is 0.369 e. The van der Waals surface area contributed by atoms with Crippen LogP contribution in [0.3, 0.4) is 0 Å². The Kier molecular flexibility index (Phi) is 4.06. The molecule has 2 nitrogen and oxygen atoms in total. The topological polar surface area (TPSA) is 38.0 Å². The fraction of sp³-hybridized carbons (Fsp3) is 0.400. The Bertz CT molecular complexity index is 244. The van der Waals surface area contributed by atoms with Crippen LogP contribution < -0.4 is 11.1 Å².